The highest BCUT2D eigenvalue weighted by molar-refractivity contribution is 8.01. The van der Waals surface area contributed by atoms with Crippen molar-refractivity contribution in [2.24, 2.45) is 0 Å². The molecule has 2 aromatic rings. The average Bonchev–Trinajstić information content (AvgIpc) is 2.98. The summed E-state index contributed by atoms with van der Waals surface area (Å²) >= 11 is 2.58. The molecule has 0 saturated heterocycles. The zero-order chi connectivity index (χ0) is 18.4. The molecule has 1 aromatic carbocycles. The van der Waals surface area contributed by atoms with Crippen molar-refractivity contribution < 1.29 is 14.5 Å². The highest BCUT2D eigenvalue weighted by Crippen LogP contribution is 2.36. The van der Waals surface area contributed by atoms with Crippen molar-refractivity contribution in [1.82, 2.24) is 15.6 Å². The Morgan fingerprint density at radius 3 is 2.72 bits per heavy atom. The zero-order valence-electron chi connectivity index (χ0n) is 13.6. The molecule has 10 heteroatoms. The Kier molecular flexibility index (Phi) is 6.48. The Labute approximate surface area is 152 Å². The summed E-state index contributed by atoms with van der Waals surface area (Å²) in [6.45, 7) is 3.89. The maximum atomic E-state index is 12.1. The Morgan fingerprint density at radius 1 is 1.36 bits per heavy atom. The number of nitro groups is 1. The van der Waals surface area contributed by atoms with Gasteiger partial charge in [0.1, 0.15) is 0 Å². The maximum absolute atomic E-state index is 12.1. The van der Waals surface area contributed by atoms with Gasteiger partial charge in [-0.3, -0.25) is 19.7 Å². The van der Waals surface area contributed by atoms with E-state index >= 15 is 0 Å². The van der Waals surface area contributed by atoms with Gasteiger partial charge in [0, 0.05) is 29.2 Å². The van der Waals surface area contributed by atoms with Gasteiger partial charge in [-0.05, 0) is 26.0 Å². The van der Waals surface area contributed by atoms with Gasteiger partial charge in [-0.15, -0.1) is 11.3 Å². The highest BCUT2D eigenvalue weighted by atomic mass is 32.2. The topological polar surface area (TPSA) is 114 Å². The molecule has 8 nitrogen and oxygen atoms in total. The van der Waals surface area contributed by atoms with Gasteiger partial charge in [0.15, 0.2) is 4.34 Å². The lowest BCUT2D eigenvalue weighted by molar-refractivity contribution is -0.387. The van der Waals surface area contributed by atoms with Gasteiger partial charge >= 0.3 is 0 Å². The van der Waals surface area contributed by atoms with E-state index in [1.807, 2.05) is 12.3 Å². The molecule has 0 radical (unpaired) electrons. The highest BCUT2D eigenvalue weighted by Gasteiger charge is 2.19. The predicted molar refractivity (Wildman–Crippen MR) is 95.1 cm³/mol. The third-order valence-electron chi connectivity index (χ3n) is 3.00. The number of nitro benzene ring substituents is 1. The molecule has 0 unspecified atom stereocenters. The predicted octanol–water partition coefficient (Wildman–Crippen LogP) is 2.38. The molecule has 0 aliphatic rings. The second kappa shape index (κ2) is 8.58. The number of amides is 2. The van der Waals surface area contributed by atoms with E-state index in [0.29, 0.717) is 15.8 Å². The van der Waals surface area contributed by atoms with Crippen LogP contribution in [0.5, 0.6) is 0 Å². The van der Waals surface area contributed by atoms with Crippen LogP contribution in [0.4, 0.5) is 5.69 Å². The largest absolute Gasteiger partial charge is 0.355 e. The van der Waals surface area contributed by atoms with Crippen LogP contribution in [0.2, 0.25) is 0 Å². The Balaban J connectivity index is 2.16. The summed E-state index contributed by atoms with van der Waals surface area (Å²) in [6, 6.07) is 4.21. The van der Waals surface area contributed by atoms with E-state index in [1.54, 1.807) is 6.92 Å². The first-order valence-corrected chi connectivity index (χ1v) is 9.03. The molecule has 1 heterocycles. The molecule has 0 spiro atoms. The number of hydrogen-bond donors (Lipinski definition) is 2. The van der Waals surface area contributed by atoms with Crippen LogP contribution in [-0.4, -0.2) is 34.8 Å². The number of nitrogens with zero attached hydrogens (tertiary/aromatic N) is 2. The van der Waals surface area contributed by atoms with Gasteiger partial charge in [0.25, 0.3) is 11.6 Å². The normalized spacial score (nSPS) is 10.3. The number of rotatable bonds is 7. The quantitative estimate of drug-likeness (QED) is 0.563. The van der Waals surface area contributed by atoms with Crippen LogP contribution in [0.1, 0.15) is 23.0 Å². The minimum Gasteiger partial charge on any atom is -0.355 e. The number of hydrogen-bond acceptors (Lipinski definition) is 7. The molecule has 2 N–H and O–H groups in total. The summed E-state index contributed by atoms with van der Waals surface area (Å²) in [5.41, 5.74) is 0.788. The number of aromatic nitrogens is 1. The van der Waals surface area contributed by atoms with Gasteiger partial charge in [0.05, 0.1) is 16.4 Å². The fraction of sp³-hybridized carbons (Fsp3) is 0.267. The standard InChI is InChI=1S/C15H16N4O4S2/c1-3-16-13(20)7-17-14(21)10-4-5-12(11(6-10)19(22)23)25-15-18-9(2)8-24-15/h4-6,8H,3,7H2,1-2H3,(H,16,20)(H,17,21). The molecule has 1 aromatic heterocycles. The molecule has 0 aliphatic carbocycles. The molecule has 2 rings (SSSR count). The van der Waals surface area contributed by atoms with Crippen LogP contribution in [-0.2, 0) is 4.79 Å². The summed E-state index contributed by atoms with van der Waals surface area (Å²) in [4.78, 5) is 38.9. The lowest BCUT2D eigenvalue weighted by Crippen LogP contribution is -2.36. The smallest absolute Gasteiger partial charge is 0.284 e. The van der Waals surface area contributed by atoms with Crippen molar-refractivity contribution in [3.05, 3.63) is 45.0 Å². The first-order valence-electron chi connectivity index (χ1n) is 7.34. The average molecular weight is 380 g/mol. The van der Waals surface area contributed by atoms with E-state index in [2.05, 4.69) is 15.6 Å². The number of nitrogens with one attached hydrogen (secondary N) is 2. The summed E-state index contributed by atoms with van der Waals surface area (Å²) in [7, 11) is 0. The molecule has 132 valence electrons. The number of thiazole rings is 1. The Hall–Kier alpha value is -2.46. The van der Waals surface area contributed by atoms with Gasteiger partial charge in [-0.25, -0.2) is 4.98 Å². The lowest BCUT2D eigenvalue weighted by atomic mass is 10.2. The van der Waals surface area contributed by atoms with Crippen molar-refractivity contribution in [1.29, 1.82) is 0 Å². The molecule has 0 atom stereocenters. The van der Waals surface area contributed by atoms with Crippen LogP contribution >= 0.6 is 23.1 Å². The third-order valence-corrected chi connectivity index (χ3v) is 5.12. The number of carbonyl (C=O) groups is 2. The fourth-order valence-corrected chi connectivity index (χ4v) is 3.76. The fourth-order valence-electron chi connectivity index (χ4n) is 1.88. The van der Waals surface area contributed by atoms with E-state index in [4.69, 9.17) is 0 Å². The van der Waals surface area contributed by atoms with Gasteiger partial charge in [-0.2, -0.15) is 0 Å². The minimum atomic E-state index is -0.545. The SMILES string of the molecule is CCNC(=O)CNC(=O)c1ccc(Sc2nc(C)cs2)c([N+](=O)[O-])c1. The molecule has 0 bridgehead atoms. The maximum Gasteiger partial charge on any atom is 0.284 e. The second-order valence-electron chi connectivity index (χ2n) is 4.93. The van der Waals surface area contributed by atoms with Crippen molar-refractivity contribution in [3.8, 4) is 0 Å². The molecule has 0 saturated carbocycles. The van der Waals surface area contributed by atoms with Crippen molar-refractivity contribution >= 4 is 40.6 Å². The molecule has 2 amide bonds. The van der Waals surface area contributed by atoms with E-state index in [-0.39, 0.29) is 23.7 Å². The first kappa shape index (κ1) is 18.9. The molecule has 25 heavy (non-hydrogen) atoms. The monoisotopic (exact) mass is 380 g/mol. The van der Waals surface area contributed by atoms with Crippen molar-refractivity contribution in [2.75, 3.05) is 13.1 Å². The van der Waals surface area contributed by atoms with Crippen LogP contribution in [0.3, 0.4) is 0 Å². The van der Waals surface area contributed by atoms with Gasteiger partial charge in [0.2, 0.25) is 5.91 Å². The second-order valence-corrected chi connectivity index (χ2v) is 7.08. The van der Waals surface area contributed by atoms with E-state index in [9.17, 15) is 19.7 Å². The van der Waals surface area contributed by atoms with Crippen LogP contribution < -0.4 is 10.6 Å². The van der Waals surface area contributed by atoms with Crippen molar-refractivity contribution in [3.63, 3.8) is 0 Å². The number of benzene rings is 1. The molecule has 0 fully saturated rings. The Morgan fingerprint density at radius 2 is 2.12 bits per heavy atom. The summed E-state index contributed by atoms with van der Waals surface area (Å²) < 4.78 is 0.689. The molecular weight excluding hydrogens is 364 g/mol. The summed E-state index contributed by atoms with van der Waals surface area (Å²) in [5, 5.41) is 18.2. The third kappa shape index (κ3) is 5.26. The van der Waals surface area contributed by atoms with Gasteiger partial charge in [-0.1, -0.05) is 11.8 Å². The molecule has 0 aliphatic heterocycles. The molecular formula is C15H16N4O4S2. The van der Waals surface area contributed by atoms with E-state index in [0.717, 1.165) is 5.69 Å². The summed E-state index contributed by atoms with van der Waals surface area (Å²) in [6.07, 6.45) is 0. The van der Waals surface area contributed by atoms with Gasteiger partial charge < -0.3 is 10.6 Å². The van der Waals surface area contributed by atoms with Crippen LogP contribution in [0.25, 0.3) is 0 Å². The lowest BCUT2D eigenvalue weighted by Gasteiger charge is -2.07. The van der Waals surface area contributed by atoms with Crippen LogP contribution in [0.15, 0.2) is 32.8 Å². The summed E-state index contributed by atoms with van der Waals surface area (Å²) in [5.74, 6) is -0.868. The number of carbonyl (C=O) groups excluding carboxylic acids is 2. The van der Waals surface area contributed by atoms with Crippen molar-refractivity contribution in [2.45, 2.75) is 23.1 Å². The number of likely N-dealkylation sites (N-methyl/N-ethyl adjacent to an activating group) is 1. The first-order chi connectivity index (χ1) is 11.9. The van der Waals surface area contributed by atoms with E-state index < -0.39 is 10.8 Å². The number of aryl methyl sites for hydroxylation is 1. The zero-order valence-corrected chi connectivity index (χ0v) is 15.2. The minimum absolute atomic E-state index is 0.121. The van der Waals surface area contributed by atoms with Crippen LogP contribution in [0, 0.1) is 17.0 Å². The van der Waals surface area contributed by atoms with E-state index in [1.165, 1.54) is 41.3 Å². The Bertz CT molecular complexity index is 807.